The molecule has 0 radical (unpaired) electrons. The number of carbonyl (C=O) groups is 2. The van der Waals surface area contributed by atoms with Gasteiger partial charge in [0.1, 0.15) is 5.75 Å². The molecule has 1 saturated carbocycles. The van der Waals surface area contributed by atoms with Crippen LogP contribution in [0, 0.1) is 5.92 Å². The molecule has 0 saturated heterocycles. The molecule has 1 amide bonds. The zero-order valence-corrected chi connectivity index (χ0v) is 21.0. The van der Waals surface area contributed by atoms with Crippen LogP contribution in [0.5, 0.6) is 5.75 Å². The second-order valence-corrected chi connectivity index (χ2v) is 9.37. The molecule has 1 fully saturated rings. The largest absolute Gasteiger partial charge is 0.484 e. The van der Waals surface area contributed by atoms with Crippen molar-refractivity contribution in [3.05, 3.63) is 65.2 Å². The molecule has 0 spiro atoms. The minimum Gasteiger partial charge on any atom is -0.484 e. The fraction of sp³-hybridized carbons (Fsp3) is 0.517. The summed E-state index contributed by atoms with van der Waals surface area (Å²) in [5.41, 5.74) is 3.41. The minimum atomic E-state index is -0.974. The van der Waals surface area contributed by atoms with Crippen LogP contribution >= 0.6 is 0 Å². The maximum absolute atomic E-state index is 12.8. The summed E-state index contributed by atoms with van der Waals surface area (Å²) in [5.74, 6) is -0.0169. The van der Waals surface area contributed by atoms with Crippen LogP contribution in [0.25, 0.3) is 0 Å². The zero-order valence-electron chi connectivity index (χ0n) is 21.0. The van der Waals surface area contributed by atoms with E-state index in [0.717, 1.165) is 31.2 Å². The van der Waals surface area contributed by atoms with Gasteiger partial charge in [-0.05, 0) is 67.3 Å². The Hall–Kier alpha value is -2.86. The van der Waals surface area contributed by atoms with E-state index in [9.17, 15) is 14.7 Å². The predicted molar refractivity (Wildman–Crippen MR) is 137 cm³/mol. The van der Waals surface area contributed by atoms with Crippen molar-refractivity contribution in [3.8, 4) is 5.75 Å². The number of benzene rings is 2. The molecule has 6 heteroatoms. The number of rotatable bonds is 13. The van der Waals surface area contributed by atoms with Crippen molar-refractivity contribution in [2.24, 2.45) is 5.92 Å². The monoisotopic (exact) mass is 481 g/mol. The molecule has 1 aliphatic rings. The average molecular weight is 482 g/mol. The second-order valence-electron chi connectivity index (χ2n) is 9.37. The third-order valence-electron chi connectivity index (χ3n) is 6.81. The first-order chi connectivity index (χ1) is 17.0. The van der Waals surface area contributed by atoms with Gasteiger partial charge in [-0.2, -0.15) is 0 Å². The van der Waals surface area contributed by atoms with Gasteiger partial charge in [0.15, 0.2) is 12.7 Å². The molecule has 2 atom stereocenters. The van der Waals surface area contributed by atoms with Gasteiger partial charge in [0.25, 0.3) is 5.91 Å². The van der Waals surface area contributed by atoms with E-state index in [0.29, 0.717) is 18.3 Å². The fourth-order valence-electron chi connectivity index (χ4n) is 4.79. The molecule has 0 heterocycles. The summed E-state index contributed by atoms with van der Waals surface area (Å²) in [6.07, 6.45) is 7.30. The summed E-state index contributed by atoms with van der Waals surface area (Å²) in [5, 5.41) is 12.5. The molecule has 0 aliphatic heterocycles. The Morgan fingerprint density at radius 1 is 0.914 bits per heavy atom. The van der Waals surface area contributed by atoms with Gasteiger partial charge in [0, 0.05) is 19.1 Å². The highest BCUT2D eigenvalue weighted by Gasteiger charge is 2.25. The highest BCUT2D eigenvalue weighted by molar-refractivity contribution is 5.78. The Bertz CT molecular complexity index is 919. The van der Waals surface area contributed by atoms with E-state index < -0.39 is 12.1 Å². The van der Waals surface area contributed by atoms with Gasteiger partial charge in [0.05, 0.1) is 0 Å². The van der Waals surface area contributed by atoms with Crippen LogP contribution in [0.1, 0.15) is 62.6 Å². The molecule has 35 heavy (non-hydrogen) atoms. The van der Waals surface area contributed by atoms with Gasteiger partial charge in [-0.1, -0.05) is 62.6 Å². The molecule has 1 aliphatic carbocycles. The van der Waals surface area contributed by atoms with Crippen LogP contribution in [0.15, 0.2) is 48.5 Å². The first-order valence-corrected chi connectivity index (χ1v) is 12.9. The molecular weight excluding hydrogens is 442 g/mol. The number of hydrogen-bond acceptors (Lipinski definition) is 4. The zero-order chi connectivity index (χ0) is 25.0. The van der Waals surface area contributed by atoms with Crippen molar-refractivity contribution in [3.63, 3.8) is 0 Å². The van der Waals surface area contributed by atoms with E-state index in [-0.39, 0.29) is 25.0 Å². The van der Waals surface area contributed by atoms with Gasteiger partial charge in [0.2, 0.25) is 0 Å². The van der Waals surface area contributed by atoms with Gasteiger partial charge < -0.3 is 19.9 Å². The van der Waals surface area contributed by atoms with Gasteiger partial charge in [-0.3, -0.25) is 4.79 Å². The maximum Gasteiger partial charge on any atom is 0.333 e. The molecule has 6 nitrogen and oxygen atoms in total. The van der Waals surface area contributed by atoms with E-state index in [4.69, 9.17) is 9.47 Å². The Morgan fingerprint density at radius 2 is 1.51 bits per heavy atom. The smallest absolute Gasteiger partial charge is 0.333 e. The molecule has 190 valence electrons. The number of hydrogen-bond donors (Lipinski definition) is 2. The van der Waals surface area contributed by atoms with E-state index in [1.165, 1.54) is 30.4 Å². The van der Waals surface area contributed by atoms with E-state index >= 15 is 0 Å². The molecule has 0 bridgehead atoms. The molecule has 2 aromatic rings. The predicted octanol–water partition coefficient (Wildman–Crippen LogP) is 4.97. The third-order valence-corrected chi connectivity index (χ3v) is 6.81. The first-order valence-electron chi connectivity index (χ1n) is 12.9. The number of carboxylic acids is 1. The van der Waals surface area contributed by atoms with Gasteiger partial charge in [-0.15, -0.1) is 0 Å². The number of nitrogens with one attached hydrogen (secondary N) is 1. The van der Waals surface area contributed by atoms with Gasteiger partial charge in [-0.25, -0.2) is 4.79 Å². The quantitative estimate of drug-likeness (QED) is 0.422. The Morgan fingerprint density at radius 3 is 2.11 bits per heavy atom. The number of aliphatic carboxylic acids is 1. The van der Waals surface area contributed by atoms with Crippen molar-refractivity contribution in [1.29, 1.82) is 0 Å². The Labute approximate surface area is 209 Å². The summed E-state index contributed by atoms with van der Waals surface area (Å²) >= 11 is 0. The topological polar surface area (TPSA) is 84.9 Å². The molecule has 3 rings (SSSR count). The number of carboxylic acid groups (broad SMARTS) is 1. The summed E-state index contributed by atoms with van der Waals surface area (Å²) in [6, 6.07) is 16.0. The Kier molecular flexibility index (Phi) is 10.6. The molecule has 2 N–H and O–H groups in total. The summed E-state index contributed by atoms with van der Waals surface area (Å²) in [4.78, 5) is 24.1. The van der Waals surface area contributed by atoms with Gasteiger partial charge >= 0.3 is 5.97 Å². The lowest BCUT2D eigenvalue weighted by Gasteiger charge is -2.31. The lowest BCUT2D eigenvalue weighted by molar-refractivity contribution is -0.150. The standard InChI is InChI=1S/C29H39NO5/c1-3-21-10-12-22(13-11-21)18-26(24-8-6-5-7-9-24)30-28(31)20-35-25-16-14-23(15-17-25)19-27(29(32)33)34-4-2/h10-17,24,26-27H,3-9,18-20H2,1-2H3,(H,30,31)(H,32,33). The van der Waals surface area contributed by atoms with E-state index in [1.807, 2.05) is 12.1 Å². The highest BCUT2D eigenvalue weighted by atomic mass is 16.5. The second kappa shape index (κ2) is 13.9. The SMILES string of the molecule is CCOC(Cc1ccc(OCC(=O)NC(Cc2ccc(CC)cc2)C2CCCCC2)cc1)C(=O)O. The third kappa shape index (κ3) is 8.70. The highest BCUT2D eigenvalue weighted by Crippen LogP contribution is 2.28. The average Bonchev–Trinajstić information content (AvgIpc) is 2.88. The van der Waals surface area contributed by atoms with Crippen molar-refractivity contribution in [2.75, 3.05) is 13.2 Å². The lowest BCUT2D eigenvalue weighted by atomic mass is 9.81. The maximum atomic E-state index is 12.8. The van der Waals surface area contributed by atoms with E-state index in [1.54, 1.807) is 19.1 Å². The summed E-state index contributed by atoms with van der Waals surface area (Å²) in [6.45, 7) is 4.23. The van der Waals surface area contributed by atoms with Crippen LogP contribution in [-0.4, -0.2) is 42.3 Å². The van der Waals surface area contributed by atoms with Crippen LogP contribution in [0.3, 0.4) is 0 Å². The number of amides is 1. The number of carbonyl (C=O) groups excluding carboxylic acids is 1. The first kappa shape index (κ1) is 26.7. The van der Waals surface area contributed by atoms with Crippen LogP contribution in [0.4, 0.5) is 0 Å². The van der Waals surface area contributed by atoms with Crippen LogP contribution in [-0.2, 0) is 33.6 Å². The van der Waals surface area contributed by atoms with Crippen molar-refractivity contribution < 1.29 is 24.2 Å². The normalized spacial score (nSPS) is 15.8. The summed E-state index contributed by atoms with van der Waals surface area (Å²) < 4.78 is 11.0. The number of ether oxygens (including phenoxy) is 2. The van der Waals surface area contributed by atoms with E-state index in [2.05, 4.69) is 36.5 Å². The summed E-state index contributed by atoms with van der Waals surface area (Å²) in [7, 11) is 0. The molecule has 2 unspecified atom stereocenters. The van der Waals surface area contributed by atoms with Crippen molar-refractivity contribution >= 4 is 11.9 Å². The van der Waals surface area contributed by atoms with Crippen LogP contribution < -0.4 is 10.1 Å². The van der Waals surface area contributed by atoms with Crippen LogP contribution in [0.2, 0.25) is 0 Å². The van der Waals surface area contributed by atoms with Crippen molar-refractivity contribution in [1.82, 2.24) is 5.32 Å². The molecule has 2 aromatic carbocycles. The lowest BCUT2D eigenvalue weighted by Crippen LogP contribution is -2.44. The van der Waals surface area contributed by atoms with Crippen molar-refractivity contribution in [2.45, 2.75) is 77.4 Å². The fourth-order valence-corrected chi connectivity index (χ4v) is 4.79. The minimum absolute atomic E-state index is 0.0476. The molecular formula is C29H39NO5. The molecule has 0 aromatic heterocycles. The number of aryl methyl sites for hydroxylation is 1. The Balaban J connectivity index is 1.55.